The maximum Gasteiger partial charge on any atom is 0.166 e. The van der Waals surface area contributed by atoms with Crippen molar-refractivity contribution < 1.29 is 9.53 Å². The third-order valence-electron chi connectivity index (χ3n) is 2.77. The van der Waals surface area contributed by atoms with Crippen LogP contribution >= 0.6 is 0 Å². The Balaban J connectivity index is 3.14. The van der Waals surface area contributed by atoms with Crippen LogP contribution in [0.1, 0.15) is 41.8 Å². The molecule has 88 valence electrons. The normalized spacial score (nSPS) is 10.6. The van der Waals surface area contributed by atoms with Crippen LogP contribution in [0.15, 0.2) is 12.1 Å². The van der Waals surface area contributed by atoms with Crippen molar-refractivity contribution in [2.45, 2.75) is 34.1 Å². The highest BCUT2D eigenvalue weighted by Crippen LogP contribution is 2.27. The predicted octanol–water partition coefficient (Wildman–Crippen LogP) is 3.54. The topological polar surface area (TPSA) is 26.3 Å². The van der Waals surface area contributed by atoms with E-state index in [9.17, 15) is 4.79 Å². The molecule has 0 bridgehead atoms. The lowest BCUT2D eigenvalue weighted by Gasteiger charge is -2.13. The molecule has 0 N–H and O–H groups in total. The molecule has 0 heterocycles. The molecule has 0 saturated carbocycles. The zero-order chi connectivity index (χ0) is 12.3. The van der Waals surface area contributed by atoms with Gasteiger partial charge in [-0.25, -0.2) is 0 Å². The summed E-state index contributed by atoms with van der Waals surface area (Å²) in [6.45, 7) is 8.10. The van der Waals surface area contributed by atoms with Crippen molar-refractivity contribution in [1.82, 2.24) is 0 Å². The Kier molecular flexibility index (Phi) is 4.11. The van der Waals surface area contributed by atoms with Gasteiger partial charge in [0.25, 0.3) is 0 Å². The molecule has 0 radical (unpaired) electrons. The number of benzene rings is 1. The molecule has 1 aromatic carbocycles. The van der Waals surface area contributed by atoms with Crippen molar-refractivity contribution in [1.29, 1.82) is 0 Å². The minimum atomic E-state index is 0.162. The van der Waals surface area contributed by atoms with Gasteiger partial charge in [-0.05, 0) is 37.0 Å². The SMILES string of the molecule is COc1c(C(=O)CC(C)C)ccc(C)c1C. The number of ether oxygens (including phenoxy) is 1. The summed E-state index contributed by atoms with van der Waals surface area (Å²) >= 11 is 0. The van der Waals surface area contributed by atoms with E-state index in [0.29, 0.717) is 17.9 Å². The van der Waals surface area contributed by atoms with Crippen molar-refractivity contribution in [3.05, 3.63) is 28.8 Å². The van der Waals surface area contributed by atoms with Gasteiger partial charge in [0.1, 0.15) is 5.75 Å². The fourth-order valence-electron chi connectivity index (χ4n) is 1.75. The Morgan fingerprint density at radius 3 is 2.44 bits per heavy atom. The standard InChI is InChI=1S/C14H20O2/c1-9(2)8-13(15)12-7-6-10(3)11(4)14(12)16-5/h6-7,9H,8H2,1-5H3. The number of rotatable bonds is 4. The average Bonchev–Trinajstić information content (AvgIpc) is 2.20. The minimum Gasteiger partial charge on any atom is -0.496 e. The summed E-state index contributed by atoms with van der Waals surface area (Å²) in [6.07, 6.45) is 0.568. The van der Waals surface area contributed by atoms with Crippen LogP contribution in [-0.2, 0) is 0 Å². The van der Waals surface area contributed by atoms with E-state index in [2.05, 4.69) is 0 Å². The van der Waals surface area contributed by atoms with E-state index in [-0.39, 0.29) is 5.78 Å². The fourth-order valence-corrected chi connectivity index (χ4v) is 1.75. The molecule has 0 aliphatic carbocycles. The summed E-state index contributed by atoms with van der Waals surface area (Å²) in [5.41, 5.74) is 2.91. The summed E-state index contributed by atoms with van der Waals surface area (Å²) < 4.78 is 5.34. The maximum atomic E-state index is 12.0. The van der Waals surface area contributed by atoms with E-state index in [1.54, 1.807) is 7.11 Å². The van der Waals surface area contributed by atoms with Gasteiger partial charge >= 0.3 is 0 Å². The van der Waals surface area contributed by atoms with Gasteiger partial charge < -0.3 is 4.74 Å². The van der Waals surface area contributed by atoms with Crippen LogP contribution in [0, 0.1) is 19.8 Å². The van der Waals surface area contributed by atoms with Gasteiger partial charge in [0.15, 0.2) is 5.78 Å². The third-order valence-corrected chi connectivity index (χ3v) is 2.77. The molecule has 0 spiro atoms. The highest BCUT2D eigenvalue weighted by Gasteiger charge is 2.16. The summed E-state index contributed by atoms with van der Waals surface area (Å²) in [5, 5.41) is 0. The van der Waals surface area contributed by atoms with E-state index in [1.807, 2.05) is 39.8 Å². The van der Waals surface area contributed by atoms with Gasteiger partial charge in [-0.2, -0.15) is 0 Å². The van der Waals surface area contributed by atoms with Crippen molar-refractivity contribution in [2.24, 2.45) is 5.92 Å². The zero-order valence-electron chi connectivity index (χ0n) is 10.8. The molecular formula is C14H20O2. The largest absolute Gasteiger partial charge is 0.496 e. The van der Waals surface area contributed by atoms with E-state index < -0.39 is 0 Å². The lowest BCUT2D eigenvalue weighted by atomic mass is 9.97. The summed E-state index contributed by atoms with van der Waals surface area (Å²) in [7, 11) is 1.62. The van der Waals surface area contributed by atoms with Crippen molar-refractivity contribution in [2.75, 3.05) is 7.11 Å². The predicted molar refractivity (Wildman–Crippen MR) is 66.3 cm³/mol. The molecule has 0 aromatic heterocycles. The van der Waals surface area contributed by atoms with Crippen LogP contribution in [0.5, 0.6) is 5.75 Å². The van der Waals surface area contributed by atoms with E-state index in [4.69, 9.17) is 4.74 Å². The number of Topliss-reactive ketones (excluding diaryl/α,β-unsaturated/α-hetero) is 1. The second-order valence-corrected chi connectivity index (χ2v) is 4.61. The number of carbonyl (C=O) groups is 1. The maximum absolute atomic E-state index is 12.0. The second kappa shape index (κ2) is 5.15. The number of aryl methyl sites for hydroxylation is 1. The van der Waals surface area contributed by atoms with Gasteiger partial charge in [-0.1, -0.05) is 19.9 Å². The monoisotopic (exact) mass is 220 g/mol. The molecule has 2 heteroatoms. The Hall–Kier alpha value is -1.31. The number of carbonyl (C=O) groups excluding carboxylic acids is 1. The number of ketones is 1. The van der Waals surface area contributed by atoms with Crippen molar-refractivity contribution in [3.8, 4) is 5.75 Å². The van der Waals surface area contributed by atoms with Crippen LogP contribution in [0.25, 0.3) is 0 Å². The van der Waals surface area contributed by atoms with Gasteiger partial charge in [0, 0.05) is 6.42 Å². The highest BCUT2D eigenvalue weighted by molar-refractivity contribution is 5.99. The lowest BCUT2D eigenvalue weighted by molar-refractivity contribution is 0.0964. The first-order valence-corrected chi connectivity index (χ1v) is 5.64. The highest BCUT2D eigenvalue weighted by atomic mass is 16.5. The summed E-state index contributed by atoms with van der Waals surface area (Å²) in [5.74, 6) is 1.26. The molecular weight excluding hydrogens is 200 g/mol. The zero-order valence-corrected chi connectivity index (χ0v) is 10.8. The minimum absolute atomic E-state index is 0.162. The average molecular weight is 220 g/mol. The smallest absolute Gasteiger partial charge is 0.166 e. The van der Waals surface area contributed by atoms with Crippen molar-refractivity contribution >= 4 is 5.78 Å². The quantitative estimate of drug-likeness (QED) is 0.725. The number of hydrogen-bond donors (Lipinski definition) is 0. The summed E-state index contributed by atoms with van der Waals surface area (Å²) in [6, 6.07) is 3.84. The molecule has 2 nitrogen and oxygen atoms in total. The molecule has 0 aliphatic heterocycles. The third kappa shape index (κ3) is 2.63. The Bertz CT molecular complexity index is 392. The van der Waals surface area contributed by atoms with Gasteiger partial charge in [0.05, 0.1) is 12.7 Å². The first-order chi connectivity index (χ1) is 7.47. The molecule has 1 rings (SSSR count). The van der Waals surface area contributed by atoms with Crippen molar-refractivity contribution in [3.63, 3.8) is 0 Å². The number of hydrogen-bond acceptors (Lipinski definition) is 2. The van der Waals surface area contributed by atoms with Crippen LogP contribution < -0.4 is 4.74 Å². The molecule has 0 unspecified atom stereocenters. The molecule has 16 heavy (non-hydrogen) atoms. The molecule has 0 amide bonds. The molecule has 0 aliphatic rings. The lowest BCUT2D eigenvalue weighted by Crippen LogP contribution is -2.07. The molecule has 1 aromatic rings. The van der Waals surface area contributed by atoms with Gasteiger partial charge in [0.2, 0.25) is 0 Å². The molecule has 0 fully saturated rings. The Labute approximate surface area is 97.6 Å². The van der Waals surface area contributed by atoms with E-state index >= 15 is 0 Å². The second-order valence-electron chi connectivity index (χ2n) is 4.61. The van der Waals surface area contributed by atoms with Crippen LogP contribution in [0.4, 0.5) is 0 Å². The van der Waals surface area contributed by atoms with E-state index in [1.165, 1.54) is 0 Å². The fraction of sp³-hybridized carbons (Fsp3) is 0.500. The van der Waals surface area contributed by atoms with E-state index in [0.717, 1.165) is 16.9 Å². The van der Waals surface area contributed by atoms with Crippen LogP contribution in [0.2, 0.25) is 0 Å². The van der Waals surface area contributed by atoms with Gasteiger partial charge in [-0.15, -0.1) is 0 Å². The summed E-state index contributed by atoms with van der Waals surface area (Å²) in [4.78, 5) is 12.0. The molecule has 0 atom stereocenters. The Morgan fingerprint density at radius 2 is 1.94 bits per heavy atom. The first-order valence-electron chi connectivity index (χ1n) is 5.64. The first kappa shape index (κ1) is 12.8. The van der Waals surface area contributed by atoms with Crippen LogP contribution in [0.3, 0.4) is 0 Å². The Morgan fingerprint density at radius 1 is 1.31 bits per heavy atom. The van der Waals surface area contributed by atoms with Gasteiger partial charge in [-0.3, -0.25) is 4.79 Å². The number of methoxy groups -OCH3 is 1. The molecule has 0 saturated heterocycles. The van der Waals surface area contributed by atoms with Crippen LogP contribution in [-0.4, -0.2) is 12.9 Å².